The van der Waals surface area contributed by atoms with Crippen LogP contribution in [0.15, 0.2) is 219 Å². The highest BCUT2D eigenvalue weighted by molar-refractivity contribution is 6.20. The molecule has 0 bridgehead atoms. The molecule has 0 amide bonds. The Hall–Kier alpha value is -8.02. The third kappa shape index (κ3) is 5.70. The Morgan fingerprint density at radius 3 is 1.83 bits per heavy atom. The number of para-hydroxylation sites is 1. The predicted molar refractivity (Wildman–Crippen MR) is 247 cm³/mol. The van der Waals surface area contributed by atoms with E-state index in [1.165, 1.54) is 16.3 Å². The normalized spacial score (nSPS) is 14.2. The number of amidine groups is 2. The van der Waals surface area contributed by atoms with Crippen LogP contribution < -0.4 is 5.32 Å². The average molecular weight is 770 g/mol. The van der Waals surface area contributed by atoms with Crippen LogP contribution in [0.2, 0.25) is 0 Å². The maximum absolute atomic E-state index is 6.56. The molecule has 0 radical (unpaired) electrons. The van der Waals surface area contributed by atoms with Gasteiger partial charge in [-0.15, -0.1) is 0 Å². The van der Waals surface area contributed by atoms with Gasteiger partial charge in [-0.25, -0.2) is 9.98 Å². The highest BCUT2D eigenvalue weighted by Gasteiger charge is 2.24. The fraction of sp³-hybridized carbons (Fsp3) is 0.0182. The van der Waals surface area contributed by atoms with Crippen molar-refractivity contribution in [2.75, 3.05) is 0 Å². The molecule has 5 heteroatoms. The van der Waals surface area contributed by atoms with Crippen LogP contribution in [0.5, 0.6) is 0 Å². The number of fused-ring (bicyclic) bond motifs is 7. The van der Waals surface area contributed by atoms with Crippen molar-refractivity contribution >= 4 is 66.3 Å². The summed E-state index contributed by atoms with van der Waals surface area (Å²) in [5, 5.41) is 10.5. The molecule has 0 saturated carbocycles. The summed E-state index contributed by atoms with van der Waals surface area (Å²) in [6, 6.07) is 69.9. The number of nitrogens with zero attached hydrogens (tertiary/aromatic N) is 2. The number of hydrogen-bond donors (Lipinski definition) is 1. The van der Waals surface area contributed by atoms with E-state index in [1.54, 1.807) is 0 Å². The lowest BCUT2D eigenvalue weighted by molar-refractivity contribution is 0.669. The number of rotatable bonds is 6. The number of aliphatic imine (C=N–C) groups is 2. The van der Waals surface area contributed by atoms with E-state index >= 15 is 0 Å². The zero-order valence-electron chi connectivity index (χ0n) is 32.3. The van der Waals surface area contributed by atoms with Crippen LogP contribution >= 0.6 is 0 Å². The van der Waals surface area contributed by atoms with Gasteiger partial charge in [-0.3, -0.25) is 0 Å². The van der Waals surface area contributed by atoms with Gasteiger partial charge in [0.05, 0.1) is 0 Å². The summed E-state index contributed by atoms with van der Waals surface area (Å²) in [5.41, 5.74) is 13.1. The number of benzene rings is 9. The number of nitrogens with one attached hydrogen (secondary N) is 1. The van der Waals surface area contributed by atoms with Crippen molar-refractivity contribution in [3.8, 4) is 33.4 Å². The summed E-state index contributed by atoms with van der Waals surface area (Å²) in [6.07, 6.45) is -0.360. The zero-order chi connectivity index (χ0) is 39.6. The van der Waals surface area contributed by atoms with E-state index in [0.29, 0.717) is 5.84 Å². The monoisotopic (exact) mass is 769 g/mol. The van der Waals surface area contributed by atoms with Crippen molar-refractivity contribution in [3.05, 3.63) is 217 Å². The molecule has 12 rings (SSSR count). The van der Waals surface area contributed by atoms with Crippen LogP contribution in [-0.2, 0) is 0 Å². The average Bonchev–Trinajstić information content (AvgIpc) is 3.90. The molecule has 0 spiro atoms. The Morgan fingerprint density at radius 1 is 0.383 bits per heavy atom. The van der Waals surface area contributed by atoms with E-state index in [1.807, 2.05) is 36.4 Å². The van der Waals surface area contributed by atoms with Crippen molar-refractivity contribution in [1.82, 2.24) is 5.32 Å². The van der Waals surface area contributed by atoms with E-state index in [0.717, 1.165) is 94.2 Å². The van der Waals surface area contributed by atoms with Gasteiger partial charge in [0.15, 0.2) is 5.84 Å². The SMILES string of the molecule is c1ccc(C2=NC(c3ccc(-c4ccc5ccccc5c4)cc3)NC(c3ccccc3-c3cccc4oc5ccc(-c6cccc7oc8ccccc8c67)cc5c34)=N2)cc1. The lowest BCUT2D eigenvalue weighted by Gasteiger charge is -2.25. The van der Waals surface area contributed by atoms with Crippen LogP contribution in [0, 0.1) is 0 Å². The van der Waals surface area contributed by atoms with E-state index in [4.69, 9.17) is 18.8 Å². The molecule has 9 aromatic carbocycles. The second-order valence-corrected chi connectivity index (χ2v) is 15.3. The van der Waals surface area contributed by atoms with Crippen molar-refractivity contribution < 1.29 is 8.83 Å². The van der Waals surface area contributed by atoms with Gasteiger partial charge in [-0.1, -0.05) is 164 Å². The summed E-state index contributed by atoms with van der Waals surface area (Å²) in [5.74, 6) is 1.44. The summed E-state index contributed by atoms with van der Waals surface area (Å²) >= 11 is 0. The molecule has 282 valence electrons. The molecule has 0 saturated heterocycles. The third-order valence-corrected chi connectivity index (χ3v) is 11.8. The van der Waals surface area contributed by atoms with Crippen LogP contribution in [-0.4, -0.2) is 11.7 Å². The maximum Gasteiger partial charge on any atom is 0.159 e. The topological polar surface area (TPSA) is 63.0 Å². The van der Waals surface area contributed by atoms with Crippen molar-refractivity contribution in [2.45, 2.75) is 6.17 Å². The largest absolute Gasteiger partial charge is 0.456 e. The minimum absolute atomic E-state index is 0.360. The lowest BCUT2D eigenvalue weighted by Crippen LogP contribution is -2.34. The van der Waals surface area contributed by atoms with Gasteiger partial charge >= 0.3 is 0 Å². The van der Waals surface area contributed by atoms with Gasteiger partial charge in [0.1, 0.15) is 34.3 Å². The smallest absolute Gasteiger partial charge is 0.159 e. The minimum Gasteiger partial charge on any atom is -0.456 e. The first-order valence-electron chi connectivity index (χ1n) is 20.3. The van der Waals surface area contributed by atoms with Gasteiger partial charge < -0.3 is 14.2 Å². The number of furan rings is 2. The highest BCUT2D eigenvalue weighted by atomic mass is 16.3. The fourth-order valence-corrected chi connectivity index (χ4v) is 8.86. The van der Waals surface area contributed by atoms with Gasteiger partial charge in [-0.2, -0.15) is 0 Å². The Bertz CT molecular complexity index is 3520. The summed E-state index contributed by atoms with van der Waals surface area (Å²) in [6.45, 7) is 0. The molecule has 0 fully saturated rings. The maximum atomic E-state index is 6.56. The molecule has 11 aromatic rings. The Balaban J connectivity index is 0.966. The van der Waals surface area contributed by atoms with Crippen LogP contribution in [0.1, 0.15) is 22.9 Å². The van der Waals surface area contributed by atoms with Crippen LogP contribution in [0.4, 0.5) is 0 Å². The van der Waals surface area contributed by atoms with Gasteiger partial charge in [-0.05, 0) is 86.1 Å². The molecule has 60 heavy (non-hydrogen) atoms. The molecular formula is C55H35N3O2. The summed E-state index contributed by atoms with van der Waals surface area (Å²) in [4.78, 5) is 10.4. The van der Waals surface area contributed by atoms with E-state index in [-0.39, 0.29) is 6.17 Å². The molecule has 1 aliphatic heterocycles. The molecule has 1 N–H and O–H groups in total. The zero-order valence-corrected chi connectivity index (χ0v) is 32.3. The molecule has 3 heterocycles. The predicted octanol–water partition coefficient (Wildman–Crippen LogP) is 14.1. The molecule has 5 nitrogen and oxygen atoms in total. The van der Waals surface area contributed by atoms with Crippen molar-refractivity contribution in [1.29, 1.82) is 0 Å². The van der Waals surface area contributed by atoms with Crippen LogP contribution in [0.25, 0.3) is 88.0 Å². The Morgan fingerprint density at radius 2 is 1.00 bits per heavy atom. The first kappa shape index (κ1) is 34.1. The third-order valence-electron chi connectivity index (χ3n) is 11.8. The first-order chi connectivity index (χ1) is 29.7. The van der Waals surface area contributed by atoms with Crippen molar-refractivity contribution in [3.63, 3.8) is 0 Å². The summed E-state index contributed by atoms with van der Waals surface area (Å²) < 4.78 is 12.8. The second kappa shape index (κ2) is 13.8. The lowest BCUT2D eigenvalue weighted by atomic mass is 9.93. The molecule has 2 aromatic heterocycles. The highest BCUT2D eigenvalue weighted by Crippen LogP contribution is 2.42. The Labute approximate surface area is 345 Å². The Kier molecular flexibility index (Phi) is 7.85. The van der Waals surface area contributed by atoms with Crippen molar-refractivity contribution in [2.24, 2.45) is 9.98 Å². The molecule has 1 unspecified atom stereocenters. The minimum atomic E-state index is -0.360. The molecule has 0 aliphatic carbocycles. The number of hydrogen-bond acceptors (Lipinski definition) is 5. The van der Waals surface area contributed by atoms with Gasteiger partial charge in [0.25, 0.3) is 0 Å². The summed E-state index contributed by atoms with van der Waals surface area (Å²) in [7, 11) is 0. The van der Waals surface area contributed by atoms with Crippen LogP contribution in [0.3, 0.4) is 0 Å². The second-order valence-electron chi connectivity index (χ2n) is 15.3. The van der Waals surface area contributed by atoms with E-state index < -0.39 is 0 Å². The quantitative estimate of drug-likeness (QED) is 0.183. The first-order valence-corrected chi connectivity index (χ1v) is 20.3. The van der Waals surface area contributed by atoms with Gasteiger partial charge in [0, 0.05) is 32.7 Å². The standard InChI is InChI=1S/C55H35N3O2/c1-2-13-36(14-3-1)53-56-54(37-27-24-35(25-28-37)39-29-26-34-12-4-5-15-38(34)32-39)58-55(57-53)44-17-7-6-16-42(44)43-20-11-23-50-52(43)46-33-40(30-31-48(46)60-50)41-19-10-22-49-51(41)45-18-8-9-21-47(45)59-49/h1-33,54H,(H,56,57,58). The van der Waals surface area contributed by atoms with E-state index in [9.17, 15) is 0 Å². The van der Waals surface area contributed by atoms with E-state index in [2.05, 4.69) is 169 Å². The fourth-order valence-electron chi connectivity index (χ4n) is 8.86. The molecule has 1 atom stereocenters. The molecular weight excluding hydrogens is 735 g/mol. The molecule has 1 aliphatic rings. The van der Waals surface area contributed by atoms with Gasteiger partial charge in [0.2, 0.25) is 0 Å².